The molecule has 1 heterocycles. The minimum Gasteiger partial charge on any atom is -0.406 e. The molecule has 0 saturated heterocycles. The Bertz CT molecular complexity index is 657. The second-order valence-corrected chi connectivity index (χ2v) is 5.50. The van der Waals surface area contributed by atoms with Gasteiger partial charge in [-0.3, -0.25) is 10.8 Å². The summed E-state index contributed by atoms with van der Waals surface area (Å²) in [4.78, 5) is 4.27. The van der Waals surface area contributed by atoms with Crippen LogP contribution in [0, 0.1) is 0 Å². The van der Waals surface area contributed by atoms with Gasteiger partial charge in [0.15, 0.2) is 0 Å². The third-order valence-corrected chi connectivity index (χ3v) is 3.53. The first kappa shape index (κ1) is 16.7. The van der Waals surface area contributed by atoms with E-state index >= 15 is 0 Å². The van der Waals surface area contributed by atoms with Gasteiger partial charge in [-0.15, -0.1) is 13.2 Å². The van der Waals surface area contributed by atoms with E-state index in [0.717, 1.165) is 12.8 Å². The van der Waals surface area contributed by atoms with E-state index < -0.39 is 6.36 Å². The number of aliphatic imine (C=N–C) groups is 1. The molecule has 1 fully saturated rings. The molecule has 2 aliphatic rings. The molecule has 1 aromatic rings. The first-order chi connectivity index (χ1) is 11.4. The highest BCUT2D eigenvalue weighted by molar-refractivity contribution is 5.80. The van der Waals surface area contributed by atoms with Crippen molar-refractivity contribution in [3.05, 3.63) is 35.5 Å². The highest BCUT2D eigenvalue weighted by Gasteiger charge is 2.31. The lowest BCUT2D eigenvalue weighted by Crippen LogP contribution is -2.46. The largest absolute Gasteiger partial charge is 0.573 e. The van der Waals surface area contributed by atoms with E-state index in [1.807, 2.05) is 0 Å². The van der Waals surface area contributed by atoms with E-state index in [-0.39, 0.29) is 24.6 Å². The maximum absolute atomic E-state index is 12.4. The second kappa shape index (κ2) is 6.80. The van der Waals surface area contributed by atoms with Gasteiger partial charge >= 0.3 is 6.36 Å². The molecule has 1 unspecified atom stereocenters. The standard InChI is InChI=1S/C15H17F3N4O2/c16-15(17,18)24-11-3-4-12(9(5-11)8-23-10-1-2-10)13-6-21-14(22-19)7-20-13/h3-7,10,14,21-22H,1-2,8,19H2. The molecule has 9 heteroatoms. The van der Waals surface area contributed by atoms with Crippen molar-refractivity contribution in [3.63, 3.8) is 0 Å². The molecule has 1 aliphatic carbocycles. The van der Waals surface area contributed by atoms with Gasteiger partial charge in [0.2, 0.25) is 0 Å². The average molecular weight is 342 g/mol. The summed E-state index contributed by atoms with van der Waals surface area (Å²) >= 11 is 0. The van der Waals surface area contributed by atoms with Crippen LogP contribution in [0.5, 0.6) is 5.75 Å². The van der Waals surface area contributed by atoms with Crippen molar-refractivity contribution in [2.45, 2.75) is 38.1 Å². The number of alkyl halides is 3. The lowest BCUT2D eigenvalue weighted by Gasteiger charge is -2.19. The predicted molar refractivity (Wildman–Crippen MR) is 81.7 cm³/mol. The van der Waals surface area contributed by atoms with E-state index in [1.54, 1.807) is 12.4 Å². The second-order valence-electron chi connectivity index (χ2n) is 5.50. The van der Waals surface area contributed by atoms with E-state index in [0.29, 0.717) is 16.8 Å². The minimum atomic E-state index is -4.74. The summed E-state index contributed by atoms with van der Waals surface area (Å²) < 4.78 is 46.9. The Balaban J connectivity index is 1.83. The summed E-state index contributed by atoms with van der Waals surface area (Å²) in [5.74, 6) is 5.03. The molecule has 6 nitrogen and oxygen atoms in total. The summed E-state index contributed by atoms with van der Waals surface area (Å²) in [7, 11) is 0. The molecule has 0 amide bonds. The molecule has 4 N–H and O–H groups in total. The van der Waals surface area contributed by atoms with E-state index in [9.17, 15) is 13.2 Å². The third kappa shape index (κ3) is 4.47. The van der Waals surface area contributed by atoms with Gasteiger partial charge in [-0.05, 0) is 36.6 Å². The van der Waals surface area contributed by atoms with Crippen LogP contribution in [-0.4, -0.2) is 24.8 Å². The summed E-state index contributed by atoms with van der Waals surface area (Å²) in [5, 5.41) is 2.98. The van der Waals surface area contributed by atoms with Crippen molar-refractivity contribution in [1.82, 2.24) is 10.7 Å². The fourth-order valence-corrected chi connectivity index (χ4v) is 2.22. The van der Waals surface area contributed by atoms with Crippen molar-refractivity contribution in [2.75, 3.05) is 0 Å². The Hall–Kier alpha value is -2.10. The summed E-state index contributed by atoms with van der Waals surface area (Å²) in [6, 6.07) is 4.12. The SMILES string of the molecule is NNC1C=NC(c2ccc(OC(F)(F)F)cc2COC2CC2)=CN1. The quantitative estimate of drug-likeness (QED) is 0.544. The van der Waals surface area contributed by atoms with Gasteiger partial charge in [0, 0.05) is 18.0 Å². The van der Waals surface area contributed by atoms with Crippen LogP contribution in [0.25, 0.3) is 5.70 Å². The molecule has 0 bridgehead atoms. The number of nitrogens with zero attached hydrogens (tertiary/aromatic N) is 1. The summed E-state index contributed by atoms with van der Waals surface area (Å²) in [6.45, 7) is 0.195. The zero-order chi connectivity index (χ0) is 17.2. The van der Waals surface area contributed by atoms with Gasteiger partial charge in [-0.2, -0.15) is 0 Å². The molecule has 24 heavy (non-hydrogen) atoms. The van der Waals surface area contributed by atoms with Crippen LogP contribution in [0.2, 0.25) is 0 Å². The normalized spacial score (nSPS) is 20.5. The lowest BCUT2D eigenvalue weighted by molar-refractivity contribution is -0.274. The molecule has 1 saturated carbocycles. The summed E-state index contributed by atoms with van der Waals surface area (Å²) in [5.41, 5.74) is 4.32. The average Bonchev–Trinajstić information content (AvgIpc) is 3.36. The van der Waals surface area contributed by atoms with Crippen LogP contribution in [0.15, 0.2) is 29.4 Å². The number of hydrogen-bond donors (Lipinski definition) is 3. The number of ether oxygens (including phenoxy) is 2. The van der Waals surface area contributed by atoms with Crippen molar-refractivity contribution in [3.8, 4) is 5.75 Å². The summed E-state index contributed by atoms with van der Waals surface area (Å²) in [6.07, 6.45) is 0.303. The lowest BCUT2D eigenvalue weighted by atomic mass is 10.0. The van der Waals surface area contributed by atoms with E-state index in [4.69, 9.17) is 10.6 Å². The Morgan fingerprint density at radius 2 is 2.12 bits per heavy atom. The van der Waals surface area contributed by atoms with Crippen LogP contribution in [0.1, 0.15) is 24.0 Å². The first-order valence-electron chi connectivity index (χ1n) is 7.42. The van der Waals surface area contributed by atoms with E-state index in [2.05, 4.69) is 20.5 Å². The molecular weight excluding hydrogens is 325 g/mol. The van der Waals surface area contributed by atoms with Crippen molar-refractivity contribution in [1.29, 1.82) is 0 Å². The molecule has 0 aromatic heterocycles. The number of hydrogen-bond acceptors (Lipinski definition) is 6. The maximum atomic E-state index is 12.4. The van der Waals surface area contributed by atoms with Gasteiger partial charge in [0.05, 0.1) is 18.4 Å². The van der Waals surface area contributed by atoms with Crippen LogP contribution in [0.4, 0.5) is 13.2 Å². The monoisotopic (exact) mass is 342 g/mol. The Labute approximate surface area is 136 Å². The Kier molecular flexibility index (Phi) is 4.74. The number of benzene rings is 1. The van der Waals surface area contributed by atoms with Gasteiger partial charge in [0.25, 0.3) is 0 Å². The molecule has 0 radical (unpaired) electrons. The van der Waals surface area contributed by atoms with Crippen LogP contribution in [0.3, 0.4) is 0 Å². The smallest absolute Gasteiger partial charge is 0.406 e. The van der Waals surface area contributed by atoms with Crippen molar-refractivity contribution in [2.24, 2.45) is 10.8 Å². The molecule has 0 spiro atoms. The molecule has 1 atom stereocenters. The zero-order valence-electron chi connectivity index (χ0n) is 12.6. The maximum Gasteiger partial charge on any atom is 0.573 e. The Morgan fingerprint density at radius 3 is 2.71 bits per heavy atom. The molecule has 130 valence electrons. The van der Waals surface area contributed by atoms with Crippen molar-refractivity contribution >= 4 is 11.9 Å². The van der Waals surface area contributed by atoms with Crippen molar-refractivity contribution < 1.29 is 22.6 Å². The third-order valence-electron chi connectivity index (χ3n) is 3.53. The van der Waals surface area contributed by atoms with Gasteiger partial charge in [-0.25, -0.2) is 5.43 Å². The number of nitrogens with one attached hydrogen (secondary N) is 2. The van der Waals surface area contributed by atoms with Gasteiger partial charge in [-0.1, -0.05) is 0 Å². The molecule has 1 aromatic carbocycles. The van der Waals surface area contributed by atoms with Gasteiger partial charge in [0.1, 0.15) is 11.9 Å². The molecule has 3 rings (SSSR count). The fraction of sp³-hybridized carbons (Fsp3) is 0.400. The number of hydrazine groups is 1. The highest BCUT2D eigenvalue weighted by atomic mass is 19.4. The topological polar surface area (TPSA) is 80.9 Å². The van der Waals surface area contributed by atoms with Crippen LogP contribution >= 0.6 is 0 Å². The minimum absolute atomic E-state index is 0.179. The number of nitrogens with two attached hydrogens (primary N) is 1. The number of rotatable bonds is 6. The number of halogens is 3. The first-order valence-corrected chi connectivity index (χ1v) is 7.42. The molecule has 1 aliphatic heterocycles. The van der Waals surface area contributed by atoms with Crippen LogP contribution in [-0.2, 0) is 11.3 Å². The molecular formula is C15H17F3N4O2. The fourth-order valence-electron chi connectivity index (χ4n) is 2.22. The zero-order valence-corrected chi connectivity index (χ0v) is 12.6. The van der Waals surface area contributed by atoms with E-state index in [1.165, 1.54) is 18.2 Å². The Morgan fingerprint density at radius 1 is 1.33 bits per heavy atom. The highest BCUT2D eigenvalue weighted by Crippen LogP contribution is 2.31. The predicted octanol–water partition coefficient (Wildman–Crippen LogP) is 2.03. The van der Waals surface area contributed by atoms with Crippen LogP contribution < -0.4 is 21.3 Å². The van der Waals surface area contributed by atoms with Gasteiger partial charge < -0.3 is 14.8 Å².